The van der Waals surface area contributed by atoms with Crippen LogP contribution in [0.15, 0.2) is 85.0 Å². The van der Waals surface area contributed by atoms with Gasteiger partial charge < -0.3 is 18.6 Å². The molecule has 2 aromatic heterocycles. The molecule has 6 rings (SSSR count). The third-order valence-electron chi connectivity index (χ3n) is 10.2. The molecule has 0 aliphatic heterocycles. The van der Waals surface area contributed by atoms with Crippen LogP contribution in [0.4, 0.5) is 17.6 Å². The largest absolute Gasteiger partial charge is 4.00 e. The van der Waals surface area contributed by atoms with E-state index in [2.05, 4.69) is 64.1 Å². The fourth-order valence-electron chi connectivity index (χ4n) is 6.43. The Bertz CT molecular complexity index is 1790. The van der Waals surface area contributed by atoms with Gasteiger partial charge in [-0.3, -0.25) is 12.2 Å². The van der Waals surface area contributed by atoms with Crippen LogP contribution in [0.3, 0.4) is 0 Å². The van der Waals surface area contributed by atoms with Crippen LogP contribution in [0.5, 0.6) is 0 Å². The zero-order chi connectivity index (χ0) is 42.6. The van der Waals surface area contributed by atoms with Gasteiger partial charge in [-0.1, -0.05) is 25.7 Å². The Morgan fingerprint density at radius 2 is 0.949 bits per heavy atom. The van der Waals surface area contributed by atoms with E-state index < -0.39 is 23.3 Å². The molecule has 0 saturated carbocycles. The summed E-state index contributed by atoms with van der Waals surface area (Å²) in [5.41, 5.74) is 4.50. The Kier molecular flexibility index (Phi) is 23.1. The van der Waals surface area contributed by atoms with Crippen LogP contribution < -0.4 is 0 Å². The minimum Gasteiger partial charge on any atom is -0.379 e. The predicted molar refractivity (Wildman–Crippen MR) is 228 cm³/mol. The SMILES string of the molecule is COC(C)(C)CCCCCc1ccc(C)n1-c1ccc(F)[c-]c1F.COC(C)(C)CCCCCc1ccc(C)n1-c1ccc(F)[c-]c1F.[C-]1=CC=CC1.[C-]1=CC=CC1.[Ti+4]. The Morgan fingerprint density at radius 3 is 1.24 bits per heavy atom. The summed E-state index contributed by atoms with van der Waals surface area (Å²) in [6.45, 7) is 12.2. The predicted octanol–water partition coefficient (Wildman–Crippen LogP) is 13.4. The Labute approximate surface area is 367 Å². The van der Waals surface area contributed by atoms with E-state index in [1.165, 1.54) is 24.3 Å². The summed E-state index contributed by atoms with van der Waals surface area (Å²) in [5.74, 6) is -2.67. The number of unbranched alkanes of at least 4 members (excludes halogenated alkanes) is 4. The summed E-state index contributed by atoms with van der Waals surface area (Å²) in [6.07, 6.45) is 30.2. The van der Waals surface area contributed by atoms with Crippen molar-refractivity contribution in [1.82, 2.24) is 9.13 Å². The quantitative estimate of drug-likeness (QED) is 0.0486. The van der Waals surface area contributed by atoms with Crippen LogP contribution in [0.1, 0.15) is 115 Å². The van der Waals surface area contributed by atoms with Crippen molar-refractivity contribution in [2.45, 2.75) is 130 Å². The molecule has 59 heavy (non-hydrogen) atoms. The van der Waals surface area contributed by atoms with E-state index in [9.17, 15) is 17.6 Å². The molecule has 2 heterocycles. The average Bonchev–Trinajstić information content (AvgIpc) is 4.04. The second-order valence-corrected chi connectivity index (χ2v) is 15.7. The van der Waals surface area contributed by atoms with E-state index in [-0.39, 0.29) is 32.9 Å². The van der Waals surface area contributed by atoms with Crippen molar-refractivity contribution >= 4 is 0 Å². The van der Waals surface area contributed by atoms with Crippen LogP contribution in [0, 0.1) is 61.4 Å². The van der Waals surface area contributed by atoms with Gasteiger partial charge in [0.15, 0.2) is 0 Å². The first-order chi connectivity index (χ1) is 27.7. The number of nitrogens with zero attached hydrogens (tertiary/aromatic N) is 2. The van der Waals surface area contributed by atoms with Crippen LogP contribution >= 0.6 is 0 Å². The number of hydrogen-bond donors (Lipinski definition) is 0. The second kappa shape index (κ2) is 26.5. The number of ether oxygens (including phenoxy) is 2. The maximum Gasteiger partial charge on any atom is 4.00 e. The number of hydrogen-bond acceptors (Lipinski definition) is 2. The topological polar surface area (TPSA) is 28.3 Å². The van der Waals surface area contributed by atoms with E-state index in [0.717, 1.165) is 99.8 Å². The number of rotatable bonds is 16. The monoisotopic (exact) mass is 846 g/mol. The normalized spacial score (nSPS) is 12.7. The van der Waals surface area contributed by atoms with Crippen LogP contribution in [-0.2, 0) is 44.0 Å². The van der Waals surface area contributed by atoms with E-state index in [4.69, 9.17) is 9.47 Å². The molecule has 0 amide bonds. The van der Waals surface area contributed by atoms with Crippen molar-refractivity contribution in [1.29, 1.82) is 0 Å². The maximum atomic E-state index is 14.1. The maximum absolute atomic E-state index is 14.1. The summed E-state index contributed by atoms with van der Waals surface area (Å²) in [7, 11) is 3.48. The van der Waals surface area contributed by atoms with Crippen LogP contribution in [0.25, 0.3) is 11.4 Å². The van der Waals surface area contributed by atoms with Crippen LogP contribution in [0.2, 0.25) is 0 Å². The summed E-state index contributed by atoms with van der Waals surface area (Å²) in [6, 6.07) is 17.6. The third-order valence-corrected chi connectivity index (χ3v) is 10.2. The molecule has 9 heteroatoms. The first-order valence-electron chi connectivity index (χ1n) is 20.3. The summed E-state index contributed by atoms with van der Waals surface area (Å²) < 4.78 is 68.8. The molecule has 0 spiro atoms. The molecule has 0 N–H and O–H groups in total. The summed E-state index contributed by atoms with van der Waals surface area (Å²) in [4.78, 5) is 0. The third kappa shape index (κ3) is 18.2. The minimum absolute atomic E-state index is 0. The smallest absolute Gasteiger partial charge is 0.379 e. The molecule has 2 aliphatic rings. The van der Waals surface area contributed by atoms with Gasteiger partial charge in [0.1, 0.15) is 0 Å². The number of allylic oxidation sites excluding steroid dienone is 8. The number of halogens is 4. The minimum atomic E-state index is -0.677. The van der Waals surface area contributed by atoms with Gasteiger partial charge in [0.2, 0.25) is 0 Å². The molecule has 316 valence electrons. The van der Waals surface area contributed by atoms with Crippen LogP contribution in [-0.4, -0.2) is 34.6 Å². The zero-order valence-corrected chi connectivity index (χ0v) is 37.9. The molecule has 2 aromatic carbocycles. The first kappa shape index (κ1) is 51.5. The molecule has 0 saturated heterocycles. The van der Waals surface area contributed by atoms with E-state index in [1.54, 1.807) is 14.2 Å². The fraction of sp³-hybridized carbons (Fsp3) is 0.440. The summed E-state index contributed by atoms with van der Waals surface area (Å²) in [5, 5.41) is 0. The molecular formula is C50H62F4N2O2Ti. The van der Waals surface area contributed by atoms with Crippen molar-refractivity contribution in [3.05, 3.63) is 155 Å². The first-order valence-corrected chi connectivity index (χ1v) is 20.3. The molecule has 4 nitrogen and oxygen atoms in total. The molecule has 0 atom stereocenters. The Morgan fingerprint density at radius 1 is 0.559 bits per heavy atom. The van der Waals surface area contributed by atoms with E-state index in [0.29, 0.717) is 11.4 Å². The molecular weight excluding hydrogens is 784 g/mol. The molecule has 0 unspecified atom stereocenters. The molecule has 0 fully saturated rings. The van der Waals surface area contributed by atoms with Gasteiger partial charge in [0, 0.05) is 60.3 Å². The number of methoxy groups -OCH3 is 2. The molecule has 0 bridgehead atoms. The van der Waals surface area contributed by atoms with Gasteiger partial charge in [-0.2, -0.15) is 12.2 Å². The van der Waals surface area contributed by atoms with Gasteiger partial charge in [0.05, 0.1) is 11.2 Å². The second-order valence-electron chi connectivity index (χ2n) is 15.7. The van der Waals surface area contributed by atoms with E-state index in [1.807, 2.05) is 71.6 Å². The molecule has 0 radical (unpaired) electrons. The number of benzene rings is 2. The van der Waals surface area contributed by atoms with Crippen molar-refractivity contribution in [3.63, 3.8) is 0 Å². The number of aryl methyl sites for hydroxylation is 4. The van der Waals surface area contributed by atoms with Crippen molar-refractivity contribution in [2.75, 3.05) is 14.2 Å². The summed E-state index contributed by atoms with van der Waals surface area (Å²) >= 11 is 0. The standard InChI is InChI=1S/2C20H26F2NO.2C5H5.Ti/c2*1-15-9-11-17(8-6-5-7-13-20(2,3)24-4)23(15)19-12-10-16(21)14-18(19)22;2*1-2-4-5-3-1;/h2*9-12H,5-8,13H2,1-4H3;2*1-3H,4H2;/q4*-1;+4. The van der Waals surface area contributed by atoms with Crippen molar-refractivity contribution in [3.8, 4) is 11.4 Å². The Balaban J connectivity index is 0.000000323. The van der Waals surface area contributed by atoms with Gasteiger partial charge in [0.25, 0.3) is 0 Å². The van der Waals surface area contributed by atoms with Crippen molar-refractivity contribution < 1.29 is 48.8 Å². The van der Waals surface area contributed by atoms with Gasteiger partial charge >= 0.3 is 21.7 Å². The fourth-order valence-corrected chi connectivity index (χ4v) is 6.43. The zero-order valence-electron chi connectivity index (χ0n) is 36.3. The molecule has 2 aliphatic carbocycles. The van der Waals surface area contributed by atoms with Crippen molar-refractivity contribution in [2.24, 2.45) is 0 Å². The molecule has 4 aromatic rings. The Hall–Kier alpha value is -3.69. The van der Waals surface area contributed by atoms with Gasteiger partial charge in [-0.25, -0.2) is 41.9 Å². The van der Waals surface area contributed by atoms with Gasteiger partial charge in [-0.15, -0.1) is 49.2 Å². The van der Waals surface area contributed by atoms with Gasteiger partial charge in [-0.05, 0) is 116 Å². The van der Waals surface area contributed by atoms with E-state index >= 15 is 0 Å². The number of aromatic nitrogens is 2. The average molecular weight is 847 g/mol.